The van der Waals surface area contributed by atoms with Crippen LogP contribution in [0, 0.1) is 0 Å². The van der Waals surface area contributed by atoms with E-state index in [0.29, 0.717) is 14.7 Å². The Hall–Kier alpha value is 0.180. The molecule has 0 amide bonds. The van der Waals surface area contributed by atoms with Gasteiger partial charge in [0.25, 0.3) is 9.05 Å². The predicted octanol–water partition coefficient (Wildman–Crippen LogP) is 3.12. The van der Waals surface area contributed by atoms with Crippen molar-refractivity contribution in [1.82, 2.24) is 0 Å². The maximum absolute atomic E-state index is 11.1. The number of halogens is 3. The van der Waals surface area contributed by atoms with Crippen molar-refractivity contribution in [2.75, 3.05) is 13.9 Å². The number of hydrogen-bond donors (Lipinski definition) is 0. The van der Waals surface area contributed by atoms with Gasteiger partial charge in [-0.05, 0) is 44.0 Å². The first kappa shape index (κ1) is 14.2. The fourth-order valence-corrected chi connectivity index (χ4v) is 3.44. The van der Waals surface area contributed by atoms with E-state index in [2.05, 4.69) is 31.9 Å². The molecule has 90 valence electrons. The zero-order valence-electron chi connectivity index (χ0n) is 8.04. The molecule has 0 unspecified atom stereocenters. The largest absolute Gasteiger partial charge is 0.465 e. The van der Waals surface area contributed by atoms with Crippen molar-refractivity contribution in [3.8, 4) is 5.75 Å². The van der Waals surface area contributed by atoms with E-state index in [0.717, 1.165) is 0 Å². The Morgan fingerprint density at radius 3 is 2.19 bits per heavy atom. The maximum Gasteiger partial charge on any atom is 0.261 e. The molecule has 0 aliphatic carbocycles. The van der Waals surface area contributed by atoms with Gasteiger partial charge in [0, 0.05) is 17.8 Å². The summed E-state index contributed by atoms with van der Waals surface area (Å²) in [6.45, 7) is 0.0597. The molecule has 4 nitrogen and oxygen atoms in total. The summed E-state index contributed by atoms with van der Waals surface area (Å²) in [6.07, 6.45) is 0. The van der Waals surface area contributed by atoms with E-state index < -0.39 is 9.05 Å². The summed E-state index contributed by atoms with van der Waals surface area (Å²) in [7, 11) is 2.95. The van der Waals surface area contributed by atoms with Gasteiger partial charge in [0.2, 0.25) is 0 Å². The Bertz CT molecular complexity index is 466. The molecule has 0 heterocycles. The summed E-state index contributed by atoms with van der Waals surface area (Å²) < 4.78 is 33.2. The van der Waals surface area contributed by atoms with Crippen LogP contribution in [0.3, 0.4) is 0 Å². The minimum atomic E-state index is -3.76. The first-order chi connectivity index (χ1) is 7.36. The summed E-state index contributed by atoms with van der Waals surface area (Å²) in [5.41, 5.74) is 0. The van der Waals surface area contributed by atoms with Crippen LogP contribution in [0.25, 0.3) is 0 Å². The highest BCUT2D eigenvalue weighted by Gasteiger charge is 2.16. The smallest absolute Gasteiger partial charge is 0.261 e. The zero-order valence-corrected chi connectivity index (χ0v) is 12.8. The van der Waals surface area contributed by atoms with Crippen LogP contribution >= 0.6 is 42.5 Å². The van der Waals surface area contributed by atoms with Crippen molar-refractivity contribution in [1.29, 1.82) is 0 Å². The van der Waals surface area contributed by atoms with Crippen LogP contribution in [-0.2, 0) is 13.8 Å². The lowest BCUT2D eigenvalue weighted by atomic mass is 10.3. The molecule has 0 atom stereocenters. The van der Waals surface area contributed by atoms with Crippen LogP contribution in [-0.4, -0.2) is 22.3 Å². The molecular weight excluding hydrogens is 387 g/mol. The molecule has 0 aliphatic rings. The van der Waals surface area contributed by atoms with Gasteiger partial charge in [-0.1, -0.05) is 0 Å². The minimum absolute atomic E-state index is 0.0160. The molecule has 0 fully saturated rings. The highest BCUT2D eigenvalue weighted by Crippen LogP contribution is 2.36. The Kier molecular flexibility index (Phi) is 5.06. The Morgan fingerprint density at radius 1 is 1.31 bits per heavy atom. The zero-order chi connectivity index (χ0) is 12.3. The van der Waals surface area contributed by atoms with Gasteiger partial charge in [0.1, 0.15) is 0 Å². The number of methoxy groups -OCH3 is 1. The van der Waals surface area contributed by atoms with E-state index in [1.54, 1.807) is 0 Å². The monoisotopic (exact) mass is 392 g/mol. The van der Waals surface area contributed by atoms with E-state index in [1.165, 1.54) is 19.2 Å². The fraction of sp³-hybridized carbons (Fsp3) is 0.250. The molecule has 8 heteroatoms. The van der Waals surface area contributed by atoms with Crippen LogP contribution < -0.4 is 4.74 Å². The van der Waals surface area contributed by atoms with Crippen LogP contribution in [0.15, 0.2) is 26.0 Å². The molecule has 0 radical (unpaired) electrons. The third kappa shape index (κ3) is 3.59. The van der Waals surface area contributed by atoms with Gasteiger partial charge in [-0.15, -0.1) is 0 Å². The summed E-state index contributed by atoms with van der Waals surface area (Å²) in [5.74, 6) is 0.450. The highest BCUT2D eigenvalue weighted by molar-refractivity contribution is 9.11. The third-order valence-corrected chi connectivity index (χ3v) is 4.09. The summed E-state index contributed by atoms with van der Waals surface area (Å²) in [5, 5.41) is 0. The van der Waals surface area contributed by atoms with Gasteiger partial charge in [-0.2, -0.15) is 0 Å². The SMILES string of the molecule is COCOc1c(Br)cc(S(=O)(=O)Cl)cc1Br. The Labute approximate surface area is 115 Å². The molecule has 0 spiro atoms. The van der Waals surface area contributed by atoms with E-state index in [-0.39, 0.29) is 11.7 Å². The summed E-state index contributed by atoms with van der Waals surface area (Å²) in [6, 6.07) is 2.72. The van der Waals surface area contributed by atoms with E-state index in [1.807, 2.05) is 0 Å². The molecule has 1 aromatic rings. The van der Waals surface area contributed by atoms with Crippen molar-refractivity contribution in [3.63, 3.8) is 0 Å². The lowest BCUT2D eigenvalue weighted by Crippen LogP contribution is -2.01. The molecule has 0 N–H and O–H groups in total. The molecule has 0 saturated carbocycles. The average Bonchev–Trinajstić information content (AvgIpc) is 2.15. The Morgan fingerprint density at radius 2 is 1.81 bits per heavy atom. The molecule has 1 rings (SSSR count). The van der Waals surface area contributed by atoms with Crippen LogP contribution in [0.2, 0.25) is 0 Å². The average molecular weight is 394 g/mol. The van der Waals surface area contributed by atoms with Crippen molar-refractivity contribution >= 4 is 51.6 Å². The molecule has 16 heavy (non-hydrogen) atoms. The van der Waals surface area contributed by atoms with Gasteiger partial charge in [-0.3, -0.25) is 0 Å². The molecular formula is C8H7Br2ClO4S. The normalized spacial score (nSPS) is 11.5. The van der Waals surface area contributed by atoms with Crippen molar-refractivity contribution in [2.45, 2.75) is 4.90 Å². The van der Waals surface area contributed by atoms with Crippen LogP contribution in [0.1, 0.15) is 0 Å². The van der Waals surface area contributed by atoms with E-state index in [9.17, 15) is 8.42 Å². The standard InChI is InChI=1S/C8H7Br2ClO4S/c1-14-4-15-8-6(9)2-5(3-7(8)10)16(11,12)13/h2-3H,4H2,1H3. The van der Waals surface area contributed by atoms with Crippen LogP contribution in [0.5, 0.6) is 5.75 Å². The van der Waals surface area contributed by atoms with Gasteiger partial charge in [0.15, 0.2) is 12.5 Å². The molecule has 0 aliphatic heterocycles. The Balaban J connectivity index is 3.18. The first-order valence-electron chi connectivity index (χ1n) is 3.91. The topological polar surface area (TPSA) is 52.6 Å². The molecule has 1 aromatic carbocycles. The van der Waals surface area contributed by atoms with Gasteiger partial charge >= 0.3 is 0 Å². The van der Waals surface area contributed by atoms with Crippen LogP contribution in [0.4, 0.5) is 0 Å². The minimum Gasteiger partial charge on any atom is -0.465 e. The quantitative estimate of drug-likeness (QED) is 0.582. The number of ether oxygens (including phenoxy) is 2. The van der Waals surface area contributed by atoms with Crippen molar-refractivity contribution in [2.24, 2.45) is 0 Å². The molecule has 0 bridgehead atoms. The fourth-order valence-electron chi connectivity index (χ4n) is 0.933. The molecule has 0 aromatic heterocycles. The van der Waals surface area contributed by atoms with E-state index in [4.69, 9.17) is 20.2 Å². The van der Waals surface area contributed by atoms with Gasteiger partial charge < -0.3 is 9.47 Å². The second kappa shape index (κ2) is 5.68. The maximum atomic E-state index is 11.1. The third-order valence-electron chi connectivity index (χ3n) is 1.57. The summed E-state index contributed by atoms with van der Waals surface area (Å²) in [4.78, 5) is -0.0160. The van der Waals surface area contributed by atoms with Crippen molar-refractivity contribution < 1.29 is 17.9 Å². The lowest BCUT2D eigenvalue weighted by Gasteiger charge is -2.10. The number of rotatable bonds is 4. The predicted molar refractivity (Wildman–Crippen MR) is 67.4 cm³/mol. The first-order valence-corrected chi connectivity index (χ1v) is 7.81. The van der Waals surface area contributed by atoms with Gasteiger partial charge in [0.05, 0.1) is 13.8 Å². The number of hydrogen-bond acceptors (Lipinski definition) is 4. The van der Waals surface area contributed by atoms with E-state index >= 15 is 0 Å². The number of benzene rings is 1. The highest BCUT2D eigenvalue weighted by atomic mass is 79.9. The second-order valence-corrected chi connectivity index (χ2v) is 6.98. The van der Waals surface area contributed by atoms with Crippen molar-refractivity contribution in [3.05, 3.63) is 21.1 Å². The lowest BCUT2D eigenvalue weighted by molar-refractivity contribution is 0.0500. The molecule has 0 saturated heterocycles. The van der Waals surface area contributed by atoms with Gasteiger partial charge in [-0.25, -0.2) is 8.42 Å². The summed E-state index contributed by atoms with van der Waals surface area (Å²) >= 11 is 6.37. The second-order valence-electron chi connectivity index (χ2n) is 2.70.